The molecule has 0 aliphatic carbocycles. The molecule has 0 aliphatic heterocycles. The van der Waals surface area contributed by atoms with Crippen LogP contribution in [0.3, 0.4) is 0 Å². The summed E-state index contributed by atoms with van der Waals surface area (Å²) in [6.45, 7) is 0. The fourth-order valence-electron chi connectivity index (χ4n) is 1.21. The maximum absolute atomic E-state index is 8.73. The van der Waals surface area contributed by atoms with E-state index in [1.165, 1.54) is 0 Å². The van der Waals surface area contributed by atoms with Crippen molar-refractivity contribution < 1.29 is 0 Å². The number of anilines is 1. The standard InChI is InChI=1S/C9H7N5/c10-4-6-1-7(3-8(11)2-6)9-5-12-14-13-9/h1-3,5H,11H2,(H,12,13,14). The van der Waals surface area contributed by atoms with Crippen LogP contribution in [0.25, 0.3) is 11.3 Å². The molecule has 3 N–H and O–H groups in total. The van der Waals surface area contributed by atoms with Gasteiger partial charge in [-0.05, 0) is 18.2 Å². The number of nitrogen functional groups attached to an aromatic ring is 1. The van der Waals surface area contributed by atoms with Crippen molar-refractivity contribution in [2.24, 2.45) is 0 Å². The van der Waals surface area contributed by atoms with Gasteiger partial charge in [-0.1, -0.05) is 5.21 Å². The van der Waals surface area contributed by atoms with Crippen molar-refractivity contribution in [3.8, 4) is 17.3 Å². The Hall–Kier alpha value is -2.35. The molecule has 68 valence electrons. The van der Waals surface area contributed by atoms with Crippen LogP contribution in [0.2, 0.25) is 0 Å². The number of nitrogens with two attached hydrogens (primary N) is 1. The van der Waals surface area contributed by atoms with Gasteiger partial charge in [-0.2, -0.15) is 5.26 Å². The highest BCUT2D eigenvalue weighted by molar-refractivity contribution is 5.66. The summed E-state index contributed by atoms with van der Waals surface area (Å²) < 4.78 is 0. The van der Waals surface area contributed by atoms with Gasteiger partial charge in [0.25, 0.3) is 0 Å². The van der Waals surface area contributed by atoms with Crippen LogP contribution in [0.15, 0.2) is 24.4 Å². The van der Waals surface area contributed by atoms with E-state index in [4.69, 9.17) is 11.0 Å². The summed E-state index contributed by atoms with van der Waals surface area (Å²) in [5.74, 6) is 0. The number of nitrogens with zero attached hydrogens (tertiary/aromatic N) is 3. The number of aromatic nitrogens is 3. The van der Waals surface area contributed by atoms with Gasteiger partial charge in [0, 0.05) is 17.4 Å². The molecule has 0 atom stereocenters. The molecule has 2 aromatic rings. The summed E-state index contributed by atoms with van der Waals surface area (Å²) in [7, 11) is 0. The predicted molar refractivity (Wildman–Crippen MR) is 50.9 cm³/mol. The van der Waals surface area contributed by atoms with Gasteiger partial charge in [-0.25, -0.2) is 0 Å². The fourth-order valence-corrected chi connectivity index (χ4v) is 1.21. The summed E-state index contributed by atoms with van der Waals surface area (Å²) in [5.41, 5.74) is 8.15. The number of H-pyrrole nitrogens is 1. The molecular weight excluding hydrogens is 178 g/mol. The quantitative estimate of drug-likeness (QED) is 0.646. The van der Waals surface area contributed by atoms with E-state index in [2.05, 4.69) is 15.4 Å². The first-order valence-corrected chi connectivity index (χ1v) is 3.97. The van der Waals surface area contributed by atoms with Crippen LogP contribution in [-0.4, -0.2) is 15.4 Å². The highest BCUT2D eigenvalue weighted by atomic mass is 15.3. The monoisotopic (exact) mass is 185 g/mol. The minimum absolute atomic E-state index is 0.517. The molecule has 5 nitrogen and oxygen atoms in total. The Kier molecular flexibility index (Phi) is 1.88. The molecule has 1 aromatic carbocycles. The zero-order valence-electron chi connectivity index (χ0n) is 7.23. The molecule has 0 saturated carbocycles. The van der Waals surface area contributed by atoms with E-state index >= 15 is 0 Å². The van der Waals surface area contributed by atoms with Crippen molar-refractivity contribution in [1.29, 1.82) is 5.26 Å². The number of nitriles is 1. The van der Waals surface area contributed by atoms with Crippen LogP contribution in [0.1, 0.15) is 5.56 Å². The first-order valence-electron chi connectivity index (χ1n) is 3.97. The maximum atomic E-state index is 8.73. The molecule has 1 heterocycles. The second kappa shape index (κ2) is 3.18. The number of hydrogen-bond donors (Lipinski definition) is 2. The van der Waals surface area contributed by atoms with Crippen LogP contribution in [-0.2, 0) is 0 Å². The Balaban J connectivity index is 2.55. The van der Waals surface area contributed by atoms with Gasteiger partial charge in [0.1, 0.15) is 5.69 Å². The SMILES string of the molecule is N#Cc1cc(N)cc(-c2c[nH]nn2)c1. The minimum Gasteiger partial charge on any atom is -0.399 e. The molecular formula is C9H7N5. The molecule has 0 radical (unpaired) electrons. The van der Waals surface area contributed by atoms with Crippen LogP contribution in [0.5, 0.6) is 0 Å². The topological polar surface area (TPSA) is 91.4 Å². The lowest BCUT2D eigenvalue weighted by Gasteiger charge is -1.98. The van der Waals surface area contributed by atoms with Gasteiger partial charge in [0.2, 0.25) is 0 Å². The van der Waals surface area contributed by atoms with Gasteiger partial charge in [-0.3, -0.25) is 5.10 Å². The molecule has 0 spiro atoms. The third-order valence-corrected chi connectivity index (χ3v) is 1.80. The van der Waals surface area contributed by atoms with Crippen LogP contribution >= 0.6 is 0 Å². The Morgan fingerprint density at radius 1 is 1.36 bits per heavy atom. The third kappa shape index (κ3) is 1.41. The van der Waals surface area contributed by atoms with Gasteiger partial charge in [0.15, 0.2) is 0 Å². The van der Waals surface area contributed by atoms with Crippen molar-refractivity contribution in [2.75, 3.05) is 5.73 Å². The highest BCUT2D eigenvalue weighted by Crippen LogP contribution is 2.20. The smallest absolute Gasteiger partial charge is 0.112 e. The first-order chi connectivity index (χ1) is 6.79. The highest BCUT2D eigenvalue weighted by Gasteiger charge is 2.03. The summed E-state index contributed by atoms with van der Waals surface area (Å²) in [6, 6.07) is 7.11. The number of aromatic amines is 1. The van der Waals surface area contributed by atoms with E-state index in [0.29, 0.717) is 16.9 Å². The Bertz CT molecular complexity index is 480. The zero-order chi connectivity index (χ0) is 9.97. The van der Waals surface area contributed by atoms with Gasteiger partial charge in [0.05, 0.1) is 11.6 Å². The number of benzene rings is 1. The molecule has 0 unspecified atom stereocenters. The molecule has 1 aromatic heterocycles. The molecule has 2 rings (SSSR count). The van der Waals surface area contributed by atoms with Crippen LogP contribution < -0.4 is 5.73 Å². The summed E-state index contributed by atoms with van der Waals surface area (Å²) in [5, 5.41) is 18.8. The number of nitrogens with one attached hydrogen (secondary N) is 1. The van der Waals surface area contributed by atoms with E-state index < -0.39 is 0 Å². The van der Waals surface area contributed by atoms with E-state index in [0.717, 1.165) is 5.56 Å². The van der Waals surface area contributed by atoms with Gasteiger partial charge < -0.3 is 5.73 Å². The second-order valence-electron chi connectivity index (χ2n) is 2.81. The summed E-state index contributed by atoms with van der Waals surface area (Å²) >= 11 is 0. The molecule has 0 fully saturated rings. The largest absolute Gasteiger partial charge is 0.399 e. The molecule has 0 saturated heterocycles. The van der Waals surface area contributed by atoms with Crippen molar-refractivity contribution in [2.45, 2.75) is 0 Å². The summed E-state index contributed by atoms with van der Waals surface area (Å²) in [6.07, 6.45) is 1.65. The Labute approximate surface area is 80.2 Å². The molecule has 14 heavy (non-hydrogen) atoms. The van der Waals surface area contributed by atoms with E-state index in [1.807, 2.05) is 6.07 Å². The van der Waals surface area contributed by atoms with Crippen molar-refractivity contribution in [1.82, 2.24) is 15.4 Å². The van der Waals surface area contributed by atoms with Crippen molar-refractivity contribution >= 4 is 5.69 Å². The lowest BCUT2D eigenvalue weighted by Crippen LogP contribution is -1.88. The maximum Gasteiger partial charge on any atom is 0.112 e. The molecule has 5 heteroatoms. The second-order valence-corrected chi connectivity index (χ2v) is 2.81. The number of hydrogen-bond acceptors (Lipinski definition) is 4. The lowest BCUT2D eigenvalue weighted by atomic mass is 10.1. The molecule has 0 aliphatic rings. The summed E-state index contributed by atoms with van der Waals surface area (Å²) in [4.78, 5) is 0. The van der Waals surface area contributed by atoms with Crippen molar-refractivity contribution in [3.63, 3.8) is 0 Å². The van der Waals surface area contributed by atoms with Crippen LogP contribution in [0.4, 0.5) is 5.69 Å². The molecule has 0 amide bonds. The average Bonchev–Trinajstić information content (AvgIpc) is 2.69. The van der Waals surface area contributed by atoms with Crippen LogP contribution in [0, 0.1) is 11.3 Å². The fraction of sp³-hybridized carbons (Fsp3) is 0. The molecule has 0 bridgehead atoms. The predicted octanol–water partition coefficient (Wildman–Crippen LogP) is 0.926. The lowest BCUT2D eigenvalue weighted by molar-refractivity contribution is 0.942. The zero-order valence-corrected chi connectivity index (χ0v) is 7.23. The van der Waals surface area contributed by atoms with Gasteiger partial charge in [-0.15, -0.1) is 5.10 Å². The number of rotatable bonds is 1. The van der Waals surface area contributed by atoms with E-state index in [-0.39, 0.29) is 0 Å². The van der Waals surface area contributed by atoms with E-state index in [1.54, 1.807) is 24.4 Å². The Morgan fingerprint density at radius 3 is 2.86 bits per heavy atom. The van der Waals surface area contributed by atoms with Crippen molar-refractivity contribution in [3.05, 3.63) is 30.0 Å². The average molecular weight is 185 g/mol. The van der Waals surface area contributed by atoms with E-state index in [9.17, 15) is 0 Å². The first kappa shape index (κ1) is 8.26. The Morgan fingerprint density at radius 2 is 2.21 bits per heavy atom. The van der Waals surface area contributed by atoms with Gasteiger partial charge >= 0.3 is 0 Å². The minimum atomic E-state index is 0.517. The third-order valence-electron chi connectivity index (χ3n) is 1.80. The normalized spacial score (nSPS) is 9.64.